The van der Waals surface area contributed by atoms with Crippen molar-refractivity contribution in [2.75, 3.05) is 5.73 Å². The first kappa shape index (κ1) is 6.84. The van der Waals surface area contributed by atoms with E-state index in [-0.39, 0.29) is 5.95 Å². The number of H-pyrrole nitrogens is 1. The van der Waals surface area contributed by atoms with Gasteiger partial charge in [-0.05, 0) is 6.07 Å². The lowest BCUT2D eigenvalue weighted by molar-refractivity contribution is 1.10. The van der Waals surface area contributed by atoms with Crippen molar-refractivity contribution >= 4 is 5.95 Å². The van der Waals surface area contributed by atoms with Gasteiger partial charge in [-0.2, -0.15) is 4.98 Å². The summed E-state index contributed by atoms with van der Waals surface area (Å²) in [6, 6.07) is 10.5. The average molecular weight is 159 g/mol. The van der Waals surface area contributed by atoms with Crippen LogP contribution in [0.15, 0.2) is 24.3 Å². The van der Waals surface area contributed by atoms with Crippen LogP contribution in [0.1, 0.15) is 0 Å². The summed E-state index contributed by atoms with van der Waals surface area (Å²) in [6.07, 6.45) is 0. The zero-order valence-corrected chi connectivity index (χ0v) is 6.28. The van der Waals surface area contributed by atoms with Crippen molar-refractivity contribution < 1.29 is 0 Å². The number of nitrogens with two attached hydrogens (primary N) is 1. The van der Waals surface area contributed by atoms with Crippen LogP contribution in [0.4, 0.5) is 5.95 Å². The molecule has 0 bridgehead atoms. The number of hydrogen-bond acceptors (Lipinski definition) is 3. The molecule has 2 rings (SSSR count). The zero-order valence-electron chi connectivity index (χ0n) is 6.28. The Balaban J connectivity index is 2.45. The van der Waals surface area contributed by atoms with Gasteiger partial charge in [-0.1, -0.05) is 24.3 Å². The first-order valence-corrected chi connectivity index (χ1v) is 3.51. The molecule has 2 aromatic rings. The van der Waals surface area contributed by atoms with E-state index in [2.05, 4.69) is 21.2 Å². The molecule has 1 radical (unpaired) electrons. The molecule has 59 valence electrons. The Morgan fingerprint density at radius 2 is 2.33 bits per heavy atom. The lowest BCUT2D eigenvalue weighted by Crippen LogP contribution is -1.85. The Morgan fingerprint density at radius 3 is 2.92 bits per heavy atom. The summed E-state index contributed by atoms with van der Waals surface area (Å²) >= 11 is 0. The molecule has 0 aliphatic heterocycles. The number of aromatic amines is 1. The maximum absolute atomic E-state index is 5.35. The van der Waals surface area contributed by atoms with Gasteiger partial charge in [-0.25, -0.2) is 0 Å². The third-order valence-electron chi connectivity index (χ3n) is 1.47. The Morgan fingerprint density at radius 1 is 1.42 bits per heavy atom. The van der Waals surface area contributed by atoms with Crippen LogP contribution in [0.3, 0.4) is 0 Å². The molecule has 12 heavy (non-hydrogen) atoms. The molecule has 4 heteroatoms. The summed E-state index contributed by atoms with van der Waals surface area (Å²) in [5.41, 5.74) is 6.21. The molecule has 0 unspecified atom stereocenters. The molecule has 0 fully saturated rings. The predicted molar refractivity (Wildman–Crippen MR) is 45.1 cm³/mol. The summed E-state index contributed by atoms with van der Waals surface area (Å²) in [4.78, 5) is 3.96. The highest BCUT2D eigenvalue weighted by atomic mass is 15.3. The lowest BCUT2D eigenvalue weighted by atomic mass is 10.2. The molecule has 3 N–H and O–H groups in total. The second kappa shape index (κ2) is 2.65. The number of anilines is 1. The molecule has 0 saturated carbocycles. The van der Waals surface area contributed by atoms with Crippen molar-refractivity contribution in [2.24, 2.45) is 0 Å². The quantitative estimate of drug-likeness (QED) is 0.648. The lowest BCUT2D eigenvalue weighted by Gasteiger charge is -1.91. The van der Waals surface area contributed by atoms with Crippen molar-refractivity contribution in [2.45, 2.75) is 0 Å². The van der Waals surface area contributed by atoms with Crippen LogP contribution in [0.5, 0.6) is 0 Å². The molecule has 4 nitrogen and oxygen atoms in total. The van der Waals surface area contributed by atoms with E-state index in [0.717, 1.165) is 5.56 Å². The molecule has 0 saturated heterocycles. The first-order valence-electron chi connectivity index (χ1n) is 3.51. The minimum Gasteiger partial charge on any atom is -0.366 e. The standard InChI is InChI=1S/C8H7N4/c9-8-10-7(11-12-8)6-4-2-1-3-5-6/h1-4H,(H3,9,10,11,12). The van der Waals surface area contributed by atoms with Gasteiger partial charge in [-0.15, -0.1) is 5.10 Å². The van der Waals surface area contributed by atoms with Gasteiger partial charge in [0.1, 0.15) is 0 Å². The second-order valence-electron chi connectivity index (χ2n) is 2.32. The minimum atomic E-state index is 0.252. The van der Waals surface area contributed by atoms with Crippen molar-refractivity contribution in [3.05, 3.63) is 30.3 Å². The molecule has 0 aliphatic rings. The first-order chi connectivity index (χ1) is 5.86. The van der Waals surface area contributed by atoms with E-state index in [1.54, 1.807) is 0 Å². The van der Waals surface area contributed by atoms with Crippen molar-refractivity contribution in [1.82, 2.24) is 15.2 Å². The van der Waals surface area contributed by atoms with Crippen molar-refractivity contribution in [3.8, 4) is 11.4 Å². The summed E-state index contributed by atoms with van der Waals surface area (Å²) in [5, 5.41) is 6.42. The maximum atomic E-state index is 5.35. The molecule has 1 aromatic heterocycles. The van der Waals surface area contributed by atoms with Gasteiger partial charge < -0.3 is 5.73 Å². The number of hydrogen-bond donors (Lipinski definition) is 2. The molecule has 1 aromatic carbocycles. The van der Waals surface area contributed by atoms with Gasteiger partial charge in [0, 0.05) is 5.56 Å². The second-order valence-corrected chi connectivity index (χ2v) is 2.32. The van der Waals surface area contributed by atoms with Crippen LogP contribution in [-0.2, 0) is 0 Å². The Labute approximate surface area is 69.4 Å². The van der Waals surface area contributed by atoms with E-state index in [0.29, 0.717) is 5.82 Å². The molecular formula is C8H7N4. The Hall–Kier alpha value is -1.84. The summed E-state index contributed by atoms with van der Waals surface area (Å²) in [5.74, 6) is 0.898. The van der Waals surface area contributed by atoms with E-state index in [4.69, 9.17) is 5.73 Å². The molecule has 0 spiro atoms. The molecule has 1 heterocycles. The van der Waals surface area contributed by atoms with Crippen LogP contribution in [-0.4, -0.2) is 15.2 Å². The van der Waals surface area contributed by atoms with E-state index < -0.39 is 0 Å². The predicted octanol–water partition coefficient (Wildman–Crippen LogP) is 0.854. The van der Waals surface area contributed by atoms with Gasteiger partial charge in [0.15, 0.2) is 5.82 Å². The van der Waals surface area contributed by atoms with Gasteiger partial charge in [0.05, 0.1) is 0 Å². The smallest absolute Gasteiger partial charge is 0.239 e. The van der Waals surface area contributed by atoms with Crippen LogP contribution in [0.2, 0.25) is 0 Å². The monoisotopic (exact) mass is 159 g/mol. The average Bonchev–Trinajstić information content (AvgIpc) is 2.54. The van der Waals surface area contributed by atoms with Gasteiger partial charge >= 0.3 is 0 Å². The number of rotatable bonds is 1. The van der Waals surface area contributed by atoms with E-state index in [1.807, 2.05) is 24.3 Å². The molecule has 0 aliphatic carbocycles. The highest BCUT2D eigenvalue weighted by molar-refractivity contribution is 5.54. The van der Waals surface area contributed by atoms with Crippen molar-refractivity contribution in [3.63, 3.8) is 0 Å². The van der Waals surface area contributed by atoms with E-state index in [1.165, 1.54) is 0 Å². The fraction of sp³-hybridized carbons (Fsp3) is 0. The van der Waals surface area contributed by atoms with Gasteiger partial charge in [0.2, 0.25) is 5.95 Å². The Bertz CT molecular complexity index is 366. The highest BCUT2D eigenvalue weighted by Gasteiger charge is 2.00. The third kappa shape index (κ3) is 1.14. The van der Waals surface area contributed by atoms with Gasteiger partial charge in [-0.3, -0.25) is 5.10 Å². The van der Waals surface area contributed by atoms with E-state index >= 15 is 0 Å². The fourth-order valence-electron chi connectivity index (χ4n) is 0.936. The SMILES string of the molecule is Nc1n[nH]c(-c2[c]cccc2)n1. The fourth-order valence-corrected chi connectivity index (χ4v) is 0.936. The largest absolute Gasteiger partial charge is 0.366 e. The normalized spacial score (nSPS) is 10.0. The van der Waals surface area contributed by atoms with Crippen LogP contribution in [0, 0.1) is 6.07 Å². The molecular weight excluding hydrogens is 152 g/mol. The molecule has 0 amide bonds. The number of nitrogens with one attached hydrogen (secondary N) is 1. The maximum Gasteiger partial charge on any atom is 0.239 e. The summed E-state index contributed by atoms with van der Waals surface area (Å²) < 4.78 is 0. The number of nitrogen functional groups attached to an aromatic ring is 1. The highest BCUT2D eigenvalue weighted by Crippen LogP contribution is 2.12. The zero-order chi connectivity index (χ0) is 8.39. The number of nitrogens with zero attached hydrogens (tertiary/aromatic N) is 2. The van der Waals surface area contributed by atoms with Crippen LogP contribution < -0.4 is 5.73 Å². The molecule has 0 atom stereocenters. The van der Waals surface area contributed by atoms with Crippen molar-refractivity contribution in [1.29, 1.82) is 0 Å². The third-order valence-corrected chi connectivity index (χ3v) is 1.47. The number of aromatic nitrogens is 3. The minimum absolute atomic E-state index is 0.252. The number of benzene rings is 1. The van der Waals surface area contributed by atoms with Crippen LogP contribution in [0.25, 0.3) is 11.4 Å². The Kier molecular flexibility index (Phi) is 1.51. The summed E-state index contributed by atoms with van der Waals surface area (Å²) in [6.45, 7) is 0. The van der Waals surface area contributed by atoms with E-state index in [9.17, 15) is 0 Å². The van der Waals surface area contributed by atoms with Gasteiger partial charge in [0.25, 0.3) is 0 Å². The topological polar surface area (TPSA) is 67.6 Å². The van der Waals surface area contributed by atoms with Crippen LogP contribution >= 0.6 is 0 Å². The summed E-state index contributed by atoms with van der Waals surface area (Å²) in [7, 11) is 0.